The molecule has 0 bridgehead atoms. The van der Waals surface area contributed by atoms with Crippen molar-refractivity contribution in [2.45, 2.75) is 19.4 Å². The Morgan fingerprint density at radius 3 is 2.66 bits per heavy atom. The number of amides is 1. The van der Waals surface area contributed by atoms with Crippen LogP contribution in [-0.4, -0.2) is 19.6 Å². The highest BCUT2D eigenvalue weighted by molar-refractivity contribution is 6.32. The molecule has 4 nitrogen and oxygen atoms in total. The fourth-order valence-corrected chi connectivity index (χ4v) is 3.96. The number of fused-ring (bicyclic) bond motifs is 1. The third kappa shape index (κ3) is 4.38. The van der Waals surface area contributed by atoms with Gasteiger partial charge < -0.3 is 15.0 Å². The molecule has 0 aliphatic carbocycles. The summed E-state index contributed by atoms with van der Waals surface area (Å²) in [6, 6.07) is 21.6. The number of anilines is 2. The van der Waals surface area contributed by atoms with E-state index in [-0.39, 0.29) is 5.91 Å². The quantitative estimate of drug-likeness (QED) is 0.603. The van der Waals surface area contributed by atoms with Crippen LogP contribution >= 0.6 is 11.6 Å². The van der Waals surface area contributed by atoms with Gasteiger partial charge in [-0.05, 0) is 60.4 Å². The smallest absolute Gasteiger partial charge is 0.255 e. The first kappa shape index (κ1) is 19.3. The predicted molar refractivity (Wildman–Crippen MR) is 118 cm³/mol. The molecular weight excluding hydrogens is 384 g/mol. The molecule has 1 N–H and O–H groups in total. The van der Waals surface area contributed by atoms with E-state index in [0.717, 1.165) is 19.5 Å². The van der Waals surface area contributed by atoms with Crippen LogP contribution in [0.3, 0.4) is 0 Å². The summed E-state index contributed by atoms with van der Waals surface area (Å²) in [6.45, 7) is 1.89. The summed E-state index contributed by atoms with van der Waals surface area (Å²) in [6.07, 6.45) is 2.31. The minimum atomic E-state index is -0.166. The highest BCUT2D eigenvalue weighted by Gasteiger charge is 2.16. The lowest BCUT2D eigenvalue weighted by Gasteiger charge is -2.31. The Balaban J connectivity index is 1.43. The summed E-state index contributed by atoms with van der Waals surface area (Å²) in [5.74, 6) is 0.411. The molecule has 3 aromatic carbocycles. The molecule has 1 heterocycles. The van der Waals surface area contributed by atoms with Crippen molar-refractivity contribution in [3.8, 4) is 5.75 Å². The topological polar surface area (TPSA) is 41.6 Å². The summed E-state index contributed by atoms with van der Waals surface area (Å²) in [5, 5.41) is 3.34. The van der Waals surface area contributed by atoms with E-state index in [1.54, 1.807) is 25.3 Å². The molecule has 0 fully saturated rings. The first-order chi connectivity index (χ1) is 14.1. The second kappa shape index (κ2) is 8.58. The van der Waals surface area contributed by atoms with E-state index >= 15 is 0 Å². The van der Waals surface area contributed by atoms with Gasteiger partial charge in [0.05, 0.1) is 12.1 Å². The van der Waals surface area contributed by atoms with Crippen LogP contribution in [0.5, 0.6) is 5.75 Å². The Morgan fingerprint density at radius 1 is 1.10 bits per heavy atom. The molecule has 0 saturated carbocycles. The van der Waals surface area contributed by atoms with E-state index in [1.807, 2.05) is 24.3 Å². The molecule has 5 heteroatoms. The number of nitrogens with zero attached hydrogens (tertiary/aromatic N) is 1. The monoisotopic (exact) mass is 406 g/mol. The van der Waals surface area contributed by atoms with Gasteiger partial charge in [0.15, 0.2) is 0 Å². The Labute approximate surface area is 176 Å². The highest BCUT2D eigenvalue weighted by atomic mass is 35.5. The third-order valence-electron chi connectivity index (χ3n) is 5.21. The van der Waals surface area contributed by atoms with Crippen molar-refractivity contribution in [1.82, 2.24) is 0 Å². The molecule has 148 valence electrons. The molecule has 0 unspecified atom stereocenters. The molecule has 4 rings (SSSR count). The van der Waals surface area contributed by atoms with Gasteiger partial charge in [0.1, 0.15) is 5.75 Å². The molecule has 0 radical (unpaired) electrons. The predicted octanol–water partition coefficient (Wildman–Crippen LogP) is 5.55. The van der Waals surface area contributed by atoms with E-state index < -0.39 is 0 Å². The molecule has 1 aliphatic heterocycles. The minimum absolute atomic E-state index is 0.166. The lowest BCUT2D eigenvalue weighted by molar-refractivity contribution is 0.102. The van der Waals surface area contributed by atoms with Crippen LogP contribution in [0.4, 0.5) is 11.4 Å². The van der Waals surface area contributed by atoms with Crippen molar-refractivity contribution in [2.75, 3.05) is 23.9 Å². The van der Waals surface area contributed by atoms with Gasteiger partial charge in [0.25, 0.3) is 5.91 Å². The van der Waals surface area contributed by atoms with Gasteiger partial charge in [0.2, 0.25) is 0 Å². The zero-order chi connectivity index (χ0) is 20.2. The molecular formula is C24H23ClN2O2. The Bertz CT molecular complexity index is 1020. The number of aryl methyl sites for hydroxylation is 1. The normalized spacial score (nSPS) is 13.0. The lowest BCUT2D eigenvalue weighted by atomic mass is 10.0. The molecule has 1 amide bonds. The summed E-state index contributed by atoms with van der Waals surface area (Å²) in [7, 11) is 1.56. The van der Waals surface area contributed by atoms with E-state index in [0.29, 0.717) is 22.0 Å². The number of rotatable bonds is 5. The first-order valence-electron chi connectivity index (χ1n) is 9.71. The number of ether oxygens (including phenoxy) is 1. The van der Waals surface area contributed by atoms with Crippen molar-refractivity contribution < 1.29 is 9.53 Å². The van der Waals surface area contributed by atoms with E-state index in [2.05, 4.69) is 34.5 Å². The van der Waals surface area contributed by atoms with Crippen LogP contribution < -0.4 is 15.0 Å². The second-order valence-electron chi connectivity index (χ2n) is 7.15. The van der Waals surface area contributed by atoms with Crippen LogP contribution in [0.2, 0.25) is 5.02 Å². The number of methoxy groups -OCH3 is 1. The Kier molecular flexibility index (Phi) is 5.72. The lowest BCUT2D eigenvalue weighted by Crippen LogP contribution is -2.28. The summed E-state index contributed by atoms with van der Waals surface area (Å²) in [4.78, 5) is 15.0. The summed E-state index contributed by atoms with van der Waals surface area (Å²) < 4.78 is 5.14. The molecule has 3 aromatic rings. The van der Waals surface area contributed by atoms with E-state index in [4.69, 9.17) is 16.3 Å². The van der Waals surface area contributed by atoms with Crippen molar-refractivity contribution in [3.05, 3.63) is 88.4 Å². The van der Waals surface area contributed by atoms with Gasteiger partial charge in [0, 0.05) is 30.0 Å². The molecule has 0 spiro atoms. The van der Waals surface area contributed by atoms with Crippen LogP contribution in [0.1, 0.15) is 27.9 Å². The van der Waals surface area contributed by atoms with Gasteiger partial charge in [-0.15, -0.1) is 0 Å². The number of benzene rings is 3. The van der Waals surface area contributed by atoms with Crippen LogP contribution in [-0.2, 0) is 13.0 Å². The molecule has 1 aliphatic rings. The SMILES string of the molecule is COc1ccc(NC(=O)c2ccc(CN3CCCc4ccccc43)cc2)cc1Cl. The van der Waals surface area contributed by atoms with Crippen molar-refractivity contribution in [2.24, 2.45) is 0 Å². The number of carbonyl (C=O) groups is 1. The van der Waals surface area contributed by atoms with Crippen LogP contribution in [0, 0.1) is 0 Å². The number of hydrogen-bond acceptors (Lipinski definition) is 3. The standard InChI is InChI=1S/C24H23ClN2O2/c1-29-23-13-12-20(15-21(23)25)26-24(28)19-10-8-17(9-11-19)16-27-14-4-6-18-5-2-3-7-22(18)27/h2-3,5,7-13,15H,4,6,14,16H2,1H3,(H,26,28). The third-order valence-corrected chi connectivity index (χ3v) is 5.50. The number of carbonyl (C=O) groups excluding carboxylic acids is 1. The zero-order valence-corrected chi connectivity index (χ0v) is 17.1. The maximum atomic E-state index is 12.5. The van der Waals surface area contributed by atoms with Gasteiger partial charge in [-0.3, -0.25) is 4.79 Å². The number of halogens is 1. The fraction of sp³-hybridized carbons (Fsp3) is 0.208. The second-order valence-corrected chi connectivity index (χ2v) is 7.56. The zero-order valence-electron chi connectivity index (χ0n) is 16.3. The Morgan fingerprint density at radius 2 is 1.90 bits per heavy atom. The average molecular weight is 407 g/mol. The molecule has 29 heavy (non-hydrogen) atoms. The maximum absolute atomic E-state index is 12.5. The van der Waals surface area contributed by atoms with Gasteiger partial charge in [-0.25, -0.2) is 0 Å². The summed E-state index contributed by atoms with van der Waals surface area (Å²) >= 11 is 6.13. The minimum Gasteiger partial charge on any atom is -0.495 e. The van der Waals surface area contributed by atoms with Gasteiger partial charge in [-0.1, -0.05) is 41.9 Å². The fourth-order valence-electron chi connectivity index (χ4n) is 3.71. The average Bonchev–Trinajstić information content (AvgIpc) is 2.75. The highest BCUT2D eigenvalue weighted by Crippen LogP contribution is 2.29. The van der Waals surface area contributed by atoms with Crippen molar-refractivity contribution in [3.63, 3.8) is 0 Å². The molecule has 0 saturated heterocycles. The first-order valence-corrected chi connectivity index (χ1v) is 10.1. The van der Waals surface area contributed by atoms with Gasteiger partial charge >= 0.3 is 0 Å². The van der Waals surface area contributed by atoms with Crippen LogP contribution in [0.25, 0.3) is 0 Å². The van der Waals surface area contributed by atoms with Crippen LogP contribution in [0.15, 0.2) is 66.7 Å². The van der Waals surface area contributed by atoms with E-state index in [9.17, 15) is 4.79 Å². The Hall–Kier alpha value is -2.98. The van der Waals surface area contributed by atoms with E-state index in [1.165, 1.54) is 23.2 Å². The number of hydrogen-bond donors (Lipinski definition) is 1. The summed E-state index contributed by atoms with van der Waals surface area (Å²) in [5.41, 5.74) is 5.16. The van der Waals surface area contributed by atoms with Crippen molar-refractivity contribution in [1.29, 1.82) is 0 Å². The number of nitrogens with one attached hydrogen (secondary N) is 1. The van der Waals surface area contributed by atoms with Crippen molar-refractivity contribution >= 4 is 28.9 Å². The van der Waals surface area contributed by atoms with Gasteiger partial charge in [-0.2, -0.15) is 0 Å². The molecule has 0 atom stereocenters. The number of para-hydroxylation sites is 1. The maximum Gasteiger partial charge on any atom is 0.255 e. The molecule has 0 aromatic heterocycles. The largest absolute Gasteiger partial charge is 0.495 e.